The van der Waals surface area contributed by atoms with Crippen molar-refractivity contribution in [2.75, 3.05) is 0 Å². The molecule has 1 aliphatic carbocycles. The molecular weight excluding hydrogens is 126 g/mol. The molecule has 0 aliphatic heterocycles. The van der Waals surface area contributed by atoms with Crippen LogP contribution in [0.5, 0.6) is 0 Å². The van der Waals surface area contributed by atoms with Crippen molar-refractivity contribution >= 4 is 5.78 Å². The summed E-state index contributed by atoms with van der Waals surface area (Å²) in [6.07, 6.45) is 0.146. The van der Waals surface area contributed by atoms with Crippen LogP contribution in [0, 0.1) is 5.92 Å². The van der Waals surface area contributed by atoms with Gasteiger partial charge in [0.1, 0.15) is 5.78 Å². The van der Waals surface area contributed by atoms with Crippen LogP contribution in [0.15, 0.2) is 0 Å². The standard InChI is InChI=1S/C6H8F2O/c1-6(7,8)4-2-5(9)3-4/h4H,2-3H2,1H3. The summed E-state index contributed by atoms with van der Waals surface area (Å²) < 4.78 is 24.4. The highest BCUT2D eigenvalue weighted by Crippen LogP contribution is 2.36. The zero-order valence-corrected chi connectivity index (χ0v) is 5.16. The molecule has 1 nitrogen and oxygen atoms in total. The Labute approximate surface area is 52.1 Å². The predicted molar refractivity (Wildman–Crippen MR) is 28.4 cm³/mol. The lowest BCUT2D eigenvalue weighted by Crippen LogP contribution is -2.36. The second-order valence-electron chi connectivity index (χ2n) is 2.60. The lowest BCUT2D eigenvalue weighted by Gasteiger charge is -2.29. The van der Waals surface area contributed by atoms with E-state index in [1.165, 1.54) is 0 Å². The van der Waals surface area contributed by atoms with Crippen molar-refractivity contribution in [1.29, 1.82) is 0 Å². The molecule has 0 spiro atoms. The minimum Gasteiger partial charge on any atom is -0.300 e. The molecule has 0 N–H and O–H groups in total. The van der Waals surface area contributed by atoms with Gasteiger partial charge in [-0.2, -0.15) is 0 Å². The van der Waals surface area contributed by atoms with Crippen LogP contribution in [-0.4, -0.2) is 11.7 Å². The number of carbonyl (C=O) groups is 1. The van der Waals surface area contributed by atoms with Gasteiger partial charge in [-0.15, -0.1) is 0 Å². The third-order valence-corrected chi connectivity index (χ3v) is 1.66. The third kappa shape index (κ3) is 1.26. The molecule has 0 heterocycles. The number of rotatable bonds is 1. The molecule has 0 saturated heterocycles. The molecule has 0 bridgehead atoms. The van der Waals surface area contributed by atoms with Gasteiger partial charge in [0.25, 0.3) is 0 Å². The molecule has 0 radical (unpaired) electrons. The van der Waals surface area contributed by atoms with E-state index in [2.05, 4.69) is 0 Å². The molecule has 0 aromatic rings. The molecule has 0 aromatic heterocycles. The lowest BCUT2D eigenvalue weighted by molar-refractivity contribution is -0.140. The Bertz CT molecular complexity index is 128. The van der Waals surface area contributed by atoms with Gasteiger partial charge in [-0.3, -0.25) is 4.79 Å². The zero-order chi connectivity index (χ0) is 7.07. The lowest BCUT2D eigenvalue weighted by atomic mass is 9.80. The van der Waals surface area contributed by atoms with E-state index < -0.39 is 11.8 Å². The summed E-state index contributed by atoms with van der Waals surface area (Å²) in [7, 11) is 0. The highest BCUT2D eigenvalue weighted by Gasteiger charge is 2.42. The van der Waals surface area contributed by atoms with Crippen LogP contribution < -0.4 is 0 Å². The molecule has 52 valence electrons. The maximum atomic E-state index is 12.2. The summed E-state index contributed by atoms with van der Waals surface area (Å²) in [5.41, 5.74) is 0. The number of ketones is 1. The summed E-state index contributed by atoms with van der Waals surface area (Å²) in [5.74, 6) is -3.36. The van der Waals surface area contributed by atoms with Crippen molar-refractivity contribution in [3.63, 3.8) is 0 Å². The van der Waals surface area contributed by atoms with Gasteiger partial charge >= 0.3 is 0 Å². The number of alkyl halides is 2. The molecule has 0 aromatic carbocycles. The van der Waals surface area contributed by atoms with Gasteiger partial charge < -0.3 is 0 Å². The first-order valence-electron chi connectivity index (χ1n) is 2.89. The van der Waals surface area contributed by atoms with E-state index in [0.717, 1.165) is 6.92 Å². The van der Waals surface area contributed by atoms with Crippen LogP contribution in [0.2, 0.25) is 0 Å². The molecule has 1 rings (SSSR count). The summed E-state index contributed by atoms with van der Waals surface area (Å²) in [4.78, 5) is 10.2. The Hall–Kier alpha value is -0.470. The van der Waals surface area contributed by atoms with E-state index in [1.807, 2.05) is 0 Å². The molecule has 3 heteroatoms. The van der Waals surface area contributed by atoms with Crippen molar-refractivity contribution < 1.29 is 13.6 Å². The maximum absolute atomic E-state index is 12.2. The molecule has 1 fully saturated rings. The molecule has 9 heavy (non-hydrogen) atoms. The van der Waals surface area contributed by atoms with Crippen molar-refractivity contribution in [2.45, 2.75) is 25.7 Å². The fourth-order valence-corrected chi connectivity index (χ4v) is 0.848. The van der Waals surface area contributed by atoms with Gasteiger partial charge in [0.2, 0.25) is 5.92 Å². The van der Waals surface area contributed by atoms with Crippen molar-refractivity contribution in [2.24, 2.45) is 5.92 Å². The maximum Gasteiger partial charge on any atom is 0.249 e. The minimum absolute atomic E-state index is 0.0403. The van der Waals surface area contributed by atoms with E-state index in [4.69, 9.17) is 0 Å². The first kappa shape index (κ1) is 6.65. The van der Waals surface area contributed by atoms with E-state index in [1.54, 1.807) is 0 Å². The summed E-state index contributed by atoms with van der Waals surface area (Å²) in [6, 6.07) is 0. The third-order valence-electron chi connectivity index (χ3n) is 1.66. The Balaban J connectivity index is 2.40. The van der Waals surface area contributed by atoms with Crippen molar-refractivity contribution in [3.05, 3.63) is 0 Å². The topological polar surface area (TPSA) is 17.1 Å². The normalized spacial score (nSPS) is 21.9. The first-order valence-corrected chi connectivity index (χ1v) is 2.89. The second kappa shape index (κ2) is 1.75. The zero-order valence-electron chi connectivity index (χ0n) is 5.16. The van der Waals surface area contributed by atoms with Gasteiger partial charge in [0.05, 0.1) is 0 Å². The molecular formula is C6H8F2O. The number of halogens is 2. The molecule has 0 unspecified atom stereocenters. The van der Waals surface area contributed by atoms with Crippen LogP contribution in [0.3, 0.4) is 0 Å². The van der Waals surface area contributed by atoms with Gasteiger partial charge in [0.15, 0.2) is 0 Å². The monoisotopic (exact) mass is 134 g/mol. The number of hydrogen-bond acceptors (Lipinski definition) is 1. The summed E-state index contributed by atoms with van der Waals surface area (Å²) in [5, 5.41) is 0. The number of carbonyl (C=O) groups excluding carboxylic acids is 1. The SMILES string of the molecule is CC(F)(F)C1CC(=O)C1. The van der Waals surface area contributed by atoms with Crippen LogP contribution in [-0.2, 0) is 4.79 Å². The van der Waals surface area contributed by atoms with Crippen LogP contribution >= 0.6 is 0 Å². The minimum atomic E-state index is -2.64. The van der Waals surface area contributed by atoms with Gasteiger partial charge in [-0.1, -0.05) is 0 Å². The van der Waals surface area contributed by atoms with E-state index in [-0.39, 0.29) is 18.6 Å². The smallest absolute Gasteiger partial charge is 0.249 e. The van der Waals surface area contributed by atoms with Crippen LogP contribution in [0.1, 0.15) is 19.8 Å². The predicted octanol–water partition coefficient (Wildman–Crippen LogP) is 1.62. The molecule has 0 atom stereocenters. The van der Waals surface area contributed by atoms with E-state index in [9.17, 15) is 13.6 Å². The molecule has 1 aliphatic rings. The van der Waals surface area contributed by atoms with Crippen LogP contribution in [0.4, 0.5) is 8.78 Å². The average Bonchev–Trinajstić information content (AvgIpc) is 1.55. The fraction of sp³-hybridized carbons (Fsp3) is 0.833. The van der Waals surface area contributed by atoms with Crippen molar-refractivity contribution in [3.8, 4) is 0 Å². The molecule has 0 amide bonds. The fourth-order valence-electron chi connectivity index (χ4n) is 0.848. The van der Waals surface area contributed by atoms with Gasteiger partial charge in [-0.05, 0) is 6.92 Å². The highest BCUT2D eigenvalue weighted by molar-refractivity contribution is 5.84. The Morgan fingerprint density at radius 2 is 2.00 bits per heavy atom. The number of hydrogen-bond donors (Lipinski definition) is 0. The Morgan fingerprint density at radius 1 is 1.56 bits per heavy atom. The van der Waals surface area contributed by atoms with Crippen LogP contribution in [0.25, 0.3) is 0 Å². The van der Waals surface area contributed by atoms with E-state index >= 15 is 0 Å². The van der Waals surface area contributed by atoms with Gasteiger partial charge in [0, 0.05) is 18.8 Å². The quantitative estimate of drug-likeness (QED) is 0.532. The number of Topliss-reactive ketones (excluding diaryl/α,β-unsaturated/α-hetero) is 1. The Morgan fingerprint density at radius 3 is 2.11 bits per heavy atom. The summed E-state index contributed by atoms with van der Waals surface area (Å²) in [6.45, 7) is 0.865. The van der Waals surface area contributed by atoms with E-state index in [0.29, 0.717) is 0 Å². The largest absolute Gasteiger partial charge is 0.300 e. The van der Waals surface area contributed by atoms with Gasteiger partial charge in [-0.25, -0.2) is 8.78 Å². The molecule has 1 saturated carbocycles. The van der Waals surface area contributed by atoms with Crippen molar-refractivity contribution in [1.82, 2.24) is 0 Å². The average molecular weight is 134 g/mol. The highest BCUT2D eigenvalue weighted by atomic mass is 19.3. The summed E-state index contributed by atoms with van der Waals surface area (Å²) >= 11 is 0. The first-order chi connectivity index (χ1) is 4.00. The Kier molecular flexibility index (Phi) is 1.30. The second-order valence-corrected chi connectivity index (χ2v) is 2.60.